The molecule has 10 nitrogen and oxygen atoms in total. The number of esters is 1. The van der Waals surface area contributed by atoms with Gasteiger partial charge < -0.3 is 29.2 Å². The molecule has 3 aliphatic rings. The van der Waals surface area contributed by atoms with E-state index < -0.39 is 11.6 Å². The van der Waals surface area contributed by atoms with Crippen molar-refractivity contribution in [2.45, 2.75) is 38.6 Å². The van der Waals surface area contributed by atoms with Crippen LogP contribution >= 0.6 is 11.3 Å². The number of carbonyl (C=O) groups is 1. The third-order valence-corrected chi connectivity index (χ3v) is 7.88. The van der Waals surface area contributed by atoms with E-state index in [2.05, 4.69) is 10.3 Å². The Hall–Kier alpha value is -3.96. The molecule has 0 fully saturated rings. The van der Waals surface area contributed by atoms with E-state index in [4.69, 9.17) is 19.2 Å². The zero-order valence-corrected chi connectivity index (χ0v) is 20.0. The van der Waals surface area contributed by atoms with E-state index in [-0.39, 0.29) is 25.4 Å². The van der Waals surface area contributed by atoms with Crippen LogP contribution in [-0.4, -0.2) is 32.4 Å². The number of hydrogen-bond acceptors (Lipinski definition) is 10. The second-order valence-electron chi connectivity index (χ2n) is 8.93. The Morgan fingerprint density at radius 1 is 1.17 bits per heavy atom. The highest BCUT2D eigenvalue weighted by atomic mass is 32.1. The van der Waals surface area contributed by atoms with Gasteiger partial charge in [-0.25, -0.2) is 14.8 Å². The second-order valence-corrected chi connectivity index (χ2v) is 9.83. The Labute approximate surface area is 208 Å². The summed E-state index contributed by atoms with van der Waals surface area (Å²) in [6.45, 7) is 2.43. The fourth-order valence-corrected chi connectivity index (χ4v) is 5.76. The molecule has 7 rings (SSSR count). The number of ether oxygens (including phenoxy) is 3. The number of pyridine rings is 2. The van der Waals surface area contributed by atoms with Crippen molar-refractivity contribution < 1.29 is 24.1 Å². The number of thiazole rings is 1. The lowest BCUT2D eigenvalue weighted by Gasteiger charge is -2.31. The van der Waals surface area contributed by atoms with Gasteiger partial charge in [0.2, 0.25) is 6.79 Å². The molecular formula is C25H20N4O6S. The van der Waals surface area contributed by atoms with E-state index in [0.29, 0.717) is 52.6 Å². The van der Waals surface area contributed by atoms with Crippen LogP contribution in [0.15, 0.2) is 34.6 Å². The van der Waals surface area contributed by atoms with Gasteiger partial charge in [0, 0.05) is 40.7 Å². The Bertz CT molecular complexity index is 1650. The topological polar surface area (TPSA) is 125 Å². The standard InChI is InChI=1S/C25H20N4O6S/c1-2-25(32)16-6-18-21-14(9-29(18)22(30)15(16)10-33-23(25)31)13(8-27-24-26-3-4-36-24)12-5-19-20(35-11-34-19)7-17(12)28-21/h3-7,32H,2,8-11H2,1H3,(H,26,27)/t25-/m0/s1. The van der Waals surface area contributed by atoms with Gasteiger partial charge in [0.25, 0.3) is 5.56 Å². The minimum Gasteiger partial charge on any atom is -0.458 e. The van der Waals surface area contributed by atoms with Crippen molar-refractivity contribution in [1.82, 2.24) is 14.5 Å². The summed E-state index contributed by atoms with van der Waals surface area (Å²) >= 11 is 1.50. The molecule has 36 heavy (non-hydrogen) atoms. The van der Waals surface area contributed by atoms with Crippen LogP contribution < -0.4 is 20.3 Å². The van der Waals surface area contributed by atoms with Gasteiger partial charge in [-0.3, -0.25) is 4.79 Å². The number of hydrogen-bond donors (Lipinski definition) is 2. The van der Waals surface area contributed by atoms with E-state index in [1.807, 2.05) is 17.5 Å². The van der Waals surface area contributed by atoms with Gasteiger partial charge in [-0.1, -0.05) is 6.92 Å². The molecule has 182 valence electrons. The Morgan fingerprint density at radius 2 is 2.00 bits per heavy atom. The first-order valence-electron chi connectivity index (χ1n) is 11.5. The van der Waals surface area contributed by atoms with Crippen LogP contribution in [-0.2, 0) is 34.8 Å². The lowest BCUT2D eigenvalue weighted by Crippen LogP contribution is -2.44. The number of benzene rings is 1. The minimum absolute atomic E-state index is 0.0895. The lowest BCUT2D eigenvalue weighted by molar-refractivity contribution is -0.172. The van der Waals surface area contributed by atoms with Crippen molar-refractivity contribution >= 4 is 33.3 Å². The van der Waals surface area contributed by atoms with Gasteiger partial charge in [-0.15, -0.1) is 11.3 Å². The maximum Gasteiger partial charge on any atom is 0.343 e. The Morgan fingerprint density at radius 3 is 2.78 bits per heavy atom. The van der Waals surface area contributed by atoms with Gasteiger partial charge >= 0.3 is 5.97 Å². The monoisotopic (exact) mass is 504 g/mol. The van der Waals surface area contributed by atoms with E-state index in [0.717, 1.165) is 21.6 Å². The first-order valence-corrected chi connectivity index (χ1v) is 12.4. The van der Waals surface area contributed by atoms with Crippen LogP contribution in [0.3, 0.4) is 0 Å². The molecule has 0 radical (unpaired) electrons. The average Bonchev–Trinajstić information content (AvgIpc) is 3.63. The SMILES string of the molecule is CC[C@@]1(O)C(=O)OCc2c1cc1n(c2=O)Cc2c-1nc1cc3c(cc1c2CNc1nccs1)OCO3. The van der Waals surface area contributed by atoms with Crippen LogP contribution in [0.5, 0.6) is 11.5 Å². The molecule has 11 heteroatoms. The number of aliphatic hydroxyl groups is 1. The summed E-state index contributed by atoms with van der Waals surface area (Å²) in [6, 6.07) is 5.48. The Balaban J connectivity index is 1.46. The van der Waals surface area contributed by atoms with Crippen molar-refractivity contribution in [2.24, 2.45) is 0 Å². The molecule has 6 heterocycles. The fourth-order valence-electron chi connectivity index (χ4n) is 5.23. The normalized spacial score (nSPS) is 19.1. The molecule has 0 bridgehead atoms. The van der Waals surface area contributed by atoms with Gasteiger partial charge in [0.1, 0.15) is 6.61 Å². The molecule has 1 aromatic carbocycles. The number of anilines is 1. The van der Waals surface area contributed by atoms with Crippen LogP contribution in [0.1, 0.15) is 35.6 Å². The third kappa shape index (κ3) is 2.86. The molecule has 3 aromatic heterocycles. The molecule has 3 aliphatic heterocycles. The van der Waals surface area contributed by atoms with Gasteiger partial charge in [-0.2, -0.15) is 0 Å². The average molecular weight is 505 g/mol. The summed E-state index contributed by atoms with van der Waals surface area (Å²) in [4.78, 5) is 35.3. The lowest BCUT2D eigenvalue weighted by atomic mass is 9.86. The molecule has 0 saturated carbocycles. The number of carbonyl (C=O) groups excluding carboxylic acids is 1. The molecule has 4 aromatic rings. The molecular weight excluding hydrogens is 484 g/mol. The second kappa shape index (κ2) is 7.52. The molecule has 0 amide bonds. The number of aromatic nitrogens is 3. The predicted molar refractivity (Wildman–Crippen MR) is 130 cm³/mol. The third-order valence-electron chi connectivity index (χ3n) is 7.15. The summed E-state index contributed by atoms with van der Waals surface area (Å²) in [7, 11) is 0. The highest BCUT2D eigenvalue weighted by Crippen LogP contribution is 2.43. The number of nitrogens with zero attached hydrogens (tertiary/aromatic N) is 3. The summed E-state index contributed by atoms with van der Waals surface area (Å²) < 4.78 is 18.0. The first-order chi connectivity index (χ1) is 17.5. The van der Waals surface area contributed by atoms with E-state index in [9.17, 15) is 14.7 Å². The number of cyclic esters (lactones) is 1. The molecule has 0 spiro atoms. The van der Waals surface area contributed by atoms with Crippen molar-refractivity contribution in [2.75, 3.05) is 12.1 Å². The largest absolute Gasteiger partial charge is 0.458 e. The van der Waals surface area contributed by atoms with Crippen LogP contribution in [0.4, 0.5) is 5.13 Å². The van der Waals surface area contributed by atoms with Crippen LogP contribution in [0.2, 0.25) is 0 Å². The number of fused-ring (bicyclic) bond motifs is 6. The quantitative estimate of drug-likeness (QED) is 0.356. The van der Waals surface area contributed by atoms with Crippen LogP contribution in [0.25, 0.3) is 22.3 Å². The zero-order chi connectivity index (χ0) is 24.6. The van der Waals surface area contributed by atoms with E-state index in [1.54, 1.807) is 23.8 Å². The van der Waals surface area contributed by atoms with E-state index in [1.165, 1.54) is 11.3 Å². The first kappa shape index (κ1) is 21.3. The van der Waals surface area contributed by atoms with Crippen molar-refractivity contribution in [1.29, 1.82) is 0 Å². The van der Waals surface area contributed by atoms with Gasteiger partial charge in [0.15, 0.2) is 22.2 Å². The van der Waals surface area contributed by atoms with E-state index >= 15 is 0 Å². The summed E-state index contributed by atoms with van der Waals surface area (Å²) in [6.07, 6.45) is 1.82. The molecule has 2 N–H and O–H groups in total. The highest BCUT2D eigenvalue weighted by Gasteiger charge is 2.45. The fraction of sp³-hybridized carbons (Fsp3) is 0.280. The molecule has 0 aliphatic carbocycles. The molecule has 0 saturated heterocycles. The van der Waals surface area contributed by atoms with Crippen molar-refractivity contribution in [3.63, 3.8) is 0 Å². The van der Waals surface area contributed by atoms with Gasteiger partial charge in [-0.05, 0) is 24.1 Å². The minimum atomic E-state index is -1.87. The zero-order valence-electron chi connectivity index (χ0n) is 19.2. The number of nitrogens with one attached hydrogen (secondary N) is 1. The highest BCUT2D eigenvalue weighted by molar-refractivity contribution is 7.13. The van der Waals surface area contributed by atoms with Gasteiger partial charge in [0.05, 0.1) is 29.0 Å². The molecule has 1 atom stereocenters. The smallest absolute Gasteiger partial charge is 0.343 e. The predicted octanol–water partition coefficient (Wildman–Crippen LogP) is 2.88. The van der Waals surface area contributed by atoms with Crippen molar-refractivity contribution in [3.05, 3.63) is 62.4 Å². The van der Waals surface area contributed by atoms with Crippen LogP contribution in [0, 0.1) is 0 Å². The maximum absolute atomic E-state index is 13.6. The summed E-state index contributed by atoms with van der Waals surface area (Å²) in [5.41, 5.74) is 2.15. The number of rotatable bonds is 4. The summed E-state index contributed by atoms with van der Waals surface area (Å²) in [5.74, 6) is 0.511. The van der Waals surface area contributed by atoms with Crippen molar-refractivity contribution in [3.8, 4) is 22.9 Å². The summed E-state index contributed by atoms with van der Waals surface area (Å²) in [5, 5.41) is 18.1. The maximum atomic E-state index is 13.6. The Kier molecular flexibility index (Phi) is 4.45. The molecule has 0 unspecified atom stereocenters.